The van der Waals surface area contributed by atoms with Crippen LogP contribution in [0.4, 0.5) is 0 Å². The summed E-state index contributed by atoms with van der Waals surface area (Å²) < 4.78 is 0. The summed E-state index contributed by atoms with van der Waals surface area (Å²) in [5.74, 6) is 4.95. The van der Waals surface area contributed by atoms with Gasteiger partial charge in [-0.1, -0.05) is 13.8 Å². The molecule has 0 aromatic carbocycles. The number of nitrogens with zero attached hydrogens (tertiary/aromatic N) is 2. The van der Waals surface area contributed by atoms with Crippen molar-refractivity contribution in [1.82, 2.24) is 9.80 Å². The van der Waals surface area contributed by atoms with E-state index < -0.39 is 0 Å². The van der Waals surface area contributed by atoms with Gasteiger partial charge in [-0.2, -0.15) is 0 Å². The monoisotopic (exact) mass is 374 g/mol. The van der Waals surface area contributed by atoms with E-state index in [2.05, 4.69) is 58.8 Å². The zero-order chi connectivity index (χ0) is 19.6. The second kappa shape index (κ2) is 7.01. The van der Waals surface area contributed by atoms with E-state index in [1.54, 1.807) is 0 Å². The van der Waals surface area contributed by atoms with Crippen LogP contribution in [0.5, 0.6) is 0 Å². The van der Waals surface area contributed by atoms with Crippen molar-refractivity contribution in [2.24, 2.45) is 40.4 Å². The second-order valence-corrected chi connectivity index (χ2v) is 12.0. The van der Waals surface area contributed by atoms with Crippen LogP contribution < -0.4 is 0 Å². The van der Waals surface area contributed by atoms with Gasteiger partial charge in [0.25, 0.3) is 0 Å². The molecule has 4 fully saturated rings. The SMILES string of the molecule is C[C@H]([C@H]1CC[C@H]2[C@@H]3CC[C@H]4C[C@@H](N(C)C)CC[C@]4(C)[C@H]3CC[C@]12C)N(C)C. The van der Waals surface area contributed by atoms with Crippen LogP contribution in [-0.2, 0) is 0 Å². The number of fused-ring (bicyclic) bond motifs is 5. The van der Waals surface area contributed by atoms with Gasteiger partial charge in [-0.3, -0.25) is 0 Å². The van der Waals surface area contributed by atoms with E-state index in [9.17, 15) is 0 Å². The van der Waals surface area contributed by atoms with Gasteiger partial charge >= 0.3 is 0 Å². The van der Waals surface area contributed by atoms with Crippen molar-refractivity contribution >= 4 is 0 Å². The molecule has 0 saturated heterocycles. The zero-order valence-electron chi connectivity index (χ0n) is 19.3. The van der Waals surface area contributed by atoms with E-state index in [1.807, 2.05) is 0 Å². The summed E-state index contributed by atoms with van der Waals surface area (Å²) in [7, 11) is 9.19. The molecule has 4 aliphatic carbocycles. The zero-order valence-corrected chi connectivity index (χ0v) is 19.3. The van der Waals surface area contributed by atoms with Crippen molar-refractivity contribution in [3.05, 3.63) is 0 Å². The average Bonchev–Trinajstić information content (AvgIpc) is 2.97. The molecule has 4 aliphatic rings. The first-order valence-corrected chi connectivity index (χ1v) is 12.0. The minimum atomic E-state index is 0.606. The number of hydrogen-bond donors (Lipinski definition) is 0. The average molecular weight is 375 g/mol. The third-order valence-corrected chi connectivity index (χ3v) is 10.8. The lowest BCUT2D eigenvalue weighted by Gasteiger charge is -2.62. The Balaban J connectivity index is 1.54. The standard InChI is InChI=1S/C25H46N2/c1-17(26(4)5)21-10-11-22-20-9-8-18-16-19(27(6)7)12-14-24(18,2)23(20)13-15-25(21,22)3/h17-23H,8-16H2,1-7H3/t17-,18+,19+,20+,21-,22+,23+,24+,25-/m1/s1. The molecule has 0 spiro atoms. The molecule has 2 nitrogen and oxygen atoms in total. The lowest BCUT2D eigenvalue weighted by Crippen LogP contribution is -2.55. The van der Waals surface area contributed by atoms with Crippen molar-refractivity contribution in [2.45, 2.75) is 90.6 Å². The molecule has 0 N–H and O–H groups in total. The Bertz CT molecular complexity index is 542. The van der Waals surface area contributed by atoms with Gasteiger partial charge in [-0.25, -0.2) is 0 Å². The van der Waals surface area contributed by atoms with Crippen molar-refractivity contribution in [3.63, 3.8) is 0 Å². The molecular formula is C25H46N2. The Kier molecular flexibility index (Phi) is 5.25. The van der Waals surface area contributed by atoms with Gasteiger partial charge in [-0.05, 0) is 133 Å². The fraction of sp³-hybridized carbons (Fsp3) is 1.00. The van der Waals surface area contributed by atoms with Crippen molar-refractivity contribution < 1.29 is 0 Å². The summed E-state index contributed by atoms with van der Waals surface area (Å²) in [6, 6.07) is 1.57. The molecule has 4 saturated carbocycles. The maximum Gasteiger partial charge on any atom is 0.00944 e. The third kappa shape index (κ3) is 3.03. The highest BCUT2D eigenvalue weighted by molar-refractivity contribution is 5.10. The quantitative estimate of drug-likeness (QED) is 0.641. The molecule has 0 unspecified atom stereocenters. The van der Waals surface area contributed by atoms with Crippen molar-refractivity contribution in [1.29, 1.82) is 0 Å². The molecule has 0 heterocycles. The van der Waals surface area contributed by atoms with Crippen LogP contribution in [0.1, 0.15) is 78.6 Å². The van der Waals surface area contributed by atoms with Gasteiger partial charge < -0.3 is 9.80 Å². The Morgan fingerprint density at radius 2 is 1.44 bits per heavy atom. The van der Waals surface area contributed by atoms with E-state index in [1.165, 1.54) is 57.8 Å². The molecule has 156 valence electrons. The molecule has 0 radical (unpaired) electrons. The fourth-order valence-corrected chi connectivity index (χ4v) is 8.90. The van der Waals surface area contributed by atoms with Crippen LogP contribution in [0.15, 0.2) is 0 Å². The van der Waals surface area contributed by atoms with Crippen LogP contribution in [0, 0.1) is 40.4 Å². The highest BCUT2D eigenvalue weighted by atomic mass is 15.1. The first kappa shape index (κ1) is 20.2. The Labute approximate surface area is 169 Å². The van der Waals surface area contributed by atoms with Gasteiger partial charge in [0.15, 0.2) is 0 Å². The fourth-order valence-electron chi connectivity index (χ4n) is 8.90. The molecular weight excluding hydrogens is 328 g/mol. The minimum Gasteiger partial charge on any atom is -0.306 e. The highest BCUT2D eigenvalue weighted by Gasteiger charge is 2.60. The summed E-state index contributed by atoms with van der Waals surface area (Å²) in [4.78, 5) is 5.00. The van der Waals surface area contributed by atoms with E-state index >= 15 is 0 Å². The van der Waals surface area contributed by atoms with Gasteiger partial charge in [0.1, 0.15) is 0 Å². The molecule has 0 aliphatic heterocycles. The summed E-state index contributed by atoms with van der Waals surface area (Å²) >= 11 is 0. The maximum atomic E-state index is 2.72. The van der Waals surface area contributed by atoms with Crippen LogP contribution in [0.2, 0.25) is 0 Å². The van der Waals surface area contributed by atoms with Gasteiger partial charge in [0, 0.05) is 12.1 Å². The first-order chi connectivity index (χ1) is 12.7. The van der Waals surface area contributed by atoms with Crippen LogP contribution >= 0.6 is 0 Å². The Hall–Kier alpha value is -0.0800. The number of rotatable bonds is 3. The van der Waals surface area contributed by atoms with Crippen molar-refractivity contribution in [2.75, 3.05) is 28.2 Å². The maximum absolute atomic E-state index is 2.72. The molecule has 4 rings (SSSR count). The topological polar surface area (TPSA) is 6.48 Å². The van der Waals surface area contributed by atoms with Gasteiger partial charge in [0.05, 0.1) is 0 Å². The summed E-state index contributed by atoms with van der Waals surface area (Å²) in [5, 5.41) is 0. The normalized spacial score (nSPS) is 51.0. The third-order valence-electron chi connectivity index (χ3n) is 10.8. The molecule has 0 aromatic rings. The van der Waals surface area contributed by atoms with Gasteiger partial charge in [0.2, 0.25) is 0 Å². The molecule has 27 heavy (non-hydrogen) atoms. The highest BCUT2D eigenvalue weighted by Crippen LogP contribution is 2.68. The molecule has 2 heteroatoms. The first-order valence-electron chi connectivity index (χ1n) is 12.0. The van der Waals surface area contributed by atoms with Crippen LogP contribution in [-0.4, -0.2) is 50.1 Å². The summed E-state index contributed by atoms with van der Waals surface area (Å²) in [6.07, 6.45) is 13.5. The lowest BCUT2D eigenvalue weighted by molar-refractivity contribution is -0.122. The van der Waals surface area contributed by atoms with E-state index in [4.69, 9.17) is 0 Å². The predicted molar refractivity (Wildman–Crippen MR) is 116 cm³/mol. The van der Waals surface area contributed by atoms with Gasteiger partial charge in [-0.15, -0.1) is 0 Å². The van der Waals surface area contributed by atoms with Crippen LogP contribution in [0.25, 0.3) is 0 Å². The predicted octanol–water partition coefficient (Wildman–Crippen LogP) is 5.53. The largest absolute Gasteiger partial charge is 0.306 e. The Morgan fingerprint density at radius 3 is 2.11 bits per heavy atom. The van der Waals surface area contributed by atoms with Crippen LogP contribution in [0.3, 0.4) is 0 Å². The van der Waals surface area contributed by atoms with Crippen molar-refractivity contribution in [3.8, 4) is 0 Å². The minimum absolute atomic E-state index is 0.606. The summed E-state index contributed by atoms with van der Waals surface area (Å²) in [5.41, 5.74) is 1.25. The van der Waals surface area contributed by atoms with E-state index in [-0.39, 0.29) is 0 Å². The second-order valence-electron chi connectivity index (χ2n) is 12.0. The molecule has 0 amide bonds. The van der Waals surface area contributed by atoms with E-state index in [0.717, 1.165) is 41.7 Å². The molecule has 9 atom stereocenters. The molecule has 0 aromatic heterocycles. The smallest absolute Gasteiger partial charge is 0.00944 e. The Morgan fingerprint density at radius 1 is 0.778 bits per heavy atom. The lowest BCUT2D eigenvalue weighted by atomic mass is 9.44. The number of hydrogen-bond acceptors (Lipinski definition) is 2. The molecule has 0 bridgehead atoms. The van der Waals surface area contributed by atoms with E-state index in [0.29, 0.717) is 10.8 Å². The summed E-state index contributed by atoms with van der Waals surface area (Å²) in [6.45, 7) is 7.91.